The third-order valence-electron chi connectivity index (χ3n) is 4.94. The molecule has 0 aliphatic carbocycles. The summed E-state index contributed by atoms with van der Waals surface area (Å²) in [6.07, 6.45) is 1.55. The average Bonchev–Trinajstić information content (AvgIpc) is 2.59. The van der Waals surface area contributed by atoms with Crippen molar-refractivity contribution in [2.24, 2.45) is 11.8 Å². The van der Waals surface area contributed by atoms with Crippen LogP contribution in [0, 0.1) is 11.8 Å². The summed E-state index contributed by atoms with van der Waals surface area (Å²) in [4.78, 5) is 25.2. The van der Waals surface area contributed by atoms with Crippen LogP contribution in [0.5, 0.6) is 5.75 Å². The van der Waals surface area contributed by atoms with Crippen molar-refractivity contribution in [2.45, 2.75) is 51.5 Å². The van der Waals surface area contributed by atoms with Crippen LogP contribution in [0.1, 0.15) is 46.6 Å². The first-order valence-electron chi connectivity index (χ1n) is 9.70. The lowest BCUT2D eigenvalue weighted by Gasteiger charge is -2.42. The summed E-state index contributed by atoms with van der Waals surface area (Å²) >= 11 is 0. The number of rotatable bonds is 8. The minimum Gasteiger partial charge on any atom is -0.507 e. The zero-order valence-electron chi connectivity index (χ0n) is 17.6. The molecule has 0 aromatic heterocycles. The van der Waals surface area contributed by atoms with E-state index in [0.717, 1.165) is 5.57 Å². The number of carboxylic acids is 1. The molecule has 1 aliphatic rings. The summed E-state index contributed by atoms with van der Waals surface area (Å²) in [6, 6.07) is 4.58. The van der Waals surface area contributed by atoms with Crippen molar-refractivity contribution < 1.29 is 24.0 Å². The number of carbonyl (C=O) groups is 2. The van der Waals surface area contributed by atoms with Crippen LogP contribution in [0.4, 0.5) is 4.79 Å². The Bertz CT molecular complexity index is 849. The predicted molar refractivity (Wildman–Crippen MR) is 112 cm³/mol. The molecule has 7 nitrogen and oxygen atoms in total. The number of urea groups is 1. The van der Waals surface area contributed by atoms with E-state index in [4.69, 9.17) is 5.11 Å². The third kappa shape index (κ3) is 5.18. The number of hydrogen-bond donors (Lipinski definition) is 3. The number of nitrogens with zero attached hydrogens (tertiary/aromatic N) is 1. The summed E-state index contributed by atoms with van der Waals surface area (Å²) in [6.45, 7) is 9.85. The molecule has 2 rings (SSSR count). The highest BCUT2D eigenvalue weighted by molar-refractivity contribution is 7.85. The minimum absolute atomic E-state index is 0.0600. The van der Waals surface area contributed by atoms with Gasteiger partial charge in [-0.3, -0.25) is 9.00 Å². The average molecular weight is 423 g/mol. The Balaban J connectivity index is 2.42. The Morgan fingerprint density at radius 3 is 2.45 bits per heavy atom. The van der Waals surface area contributed by atoms with Gasteiger partial charge in [-0.2, -0.15) is 0 Å². The molecular formula is C21H30N2O5S. The molecule has 1 aromatic rings. The number of amides is 2. The second-order valence-electron chi connectivity index (χ2n) is 8.22. The van der Waals surface area contributed by atoms with Gasteiger partial charge in [-0.25, -0.2) is 4.79 Å². The van der Waals surface area contributed by atoms with Crippen LogP contribution in [0.2, 0.25) is 0 Å². The van der Waals surface area contributed by atoms with E-state index >= 15 is 0 Å². The molecule has 0 saturated carbocycles. The van der Waals surface area contributed by atoms with E-state index in [9.17, 15) is 18.9 Å². The van der Waals surface area contributed by atoms with Gasteiger partial charge < -0.3 is 20.4 Å². The maximum absolute atomic E-state index is 12.6. The number of benzene rings is 1. The minimum atomic E-state index is -1.31. The van der Waals surface area contributed by atoms with Gasteiger partial charge in [-0.15, -0.1) is 0 Å². The maximum Gasteiger partial charge on any atom is 0.322 e. The number of nitrogens with one attached hydrogen (secondary N) is 1. The monoisotopic (exact) mass is 422 g/mol. The molecule has 0 saturated heterocycles. The molecule has 0 bridgehead atoms. The van der Waals surface area contributed by atoms with Gasteiger partial charge in [0.25, 0.3) is 0 Å². The van der Waals surface area contributed by atoms with Crippen molar-refractivity contribution in [1.82, 2.24) is 10.2 Å². The molecule has 0 fully saturated rings. The van der Waals surface area contributed by atoms with Crippen LogP contribution in [0.3, 0.4) is 0 Å². The van der Waals surface area contributed by atoms with Crippen molar-refractivity contribution >= 4 is 22.8 Å². The highest BCUT2D eigenvalue weighted by atomic mass is 32.2. The van der Waals surface area contributed by atoms with Gasteiger partial charge in [0.15, 0.2) is 0 Å². The molecule has 2 amide bonds. The number of carboxylic acid groups (broad SMARTS) is 1. The Hall–Kier alpha value is -2.35. The molecule has 29 heavy (non-hydrogen) atoms. The van der Waals surface area contributed by atoms with E-state index in [1.165, 1.54) is 4.90 Å². The second-order valence-corrected chi connectivity index (χ2v) is 9.68. The quantitative estimate of drug-likeness (QED) is 0.595. The molecule has 3 N–H and O–H groups in total. The first kappa shape index (κ1) is 22.9. The van der Waals surface area contributed by atoms with Crippen LogP contribution in [-0.4, -0.2) is 43.6 Å². The van der Waals surface area contributed by atoms with Crippen LogP contribution >= 0.6 is 0 Å². The van der Waals surface area contributed by atoms with Crippen molar-refractivity contribution in [3.63, 3.8) is 0 Å². The molecule has 0 spiro atoms. The van der Waals surface area contributed by atoms with Gasteiger partial charge >= 0.3 is 12.0 Å². The Kier molecular flexibility index (Phi) is 7.11. The van der Waals surface area contributed by atoms with E-state index in [0.29, 0.717) is 16.2 Å². The Morgan fingerprint density at radius 1 is 1.28 bits per heavy atom. The van der Waals surface area contributed by atoms with Crippen LogP contribution in [-0.2, 0) is 21.1 Å². The standard InChI is InChI=1S/C21H30N2O5S/c1-13(2)12-29(28)18-7-6-15(10-17(18)24)21(5)16(14(3)4)11-23(20(27)22-21)9-8-19(25)26/h6-7,10-11,13-14,24H,8-9,12H2,1-5H3,(H,22,27)(H,25,26)/t21-,29?/m0/s1. The third-order valence-corrected chi connectivity index (χ3v) is 6.75. The molecule has 1 unspecified atom stereocenters. The number of phenolic OH excluding ortho intramolecular Hbond substituents is 1. The maximum atomic E-state index is 12.6. The molecule has 0 radical (unpaired) electrons. The molecule has 1 aromatic carbocycles. The fourth-order valence-corrected chi connectivity index (χ4v) is 4.77. The highest BCUT2D eigenvalue weighted by Gasteiger charge is 2.40. The van der Waals surface area contributed by atoms with E-state index < -0.39 is 28.3 Å². The number of aromatic hydroxyl groups is 1. The highest BCUT2D eigenvalue weighted by Crippen LogP contribution is 2.39. The smallest absolute Gasteiger partial charge is 0.322 e. The summed E-state index contributed by atoms with van der Waals surface area (Å²) in [5, 5.41) is 22.4. The fraction of sp³-hybridized carbons (Fsp3) is 0.524. The number of hydrogen-bond acceptors (Lipinski definition) is 4. The molecule has 1 heterocycles. The summed E-state index contributed by atoms with van der Waals surface area (Å²) in [5.74, 6) is -0.285. The number of aliphatic carboxylic acids is 1. The first-order chi connectivity index (χ1) is 13.5. The van der Waals surface area contributed by atoms with Gasteiger partial charge in [0.2, 0.25) is 0 Å². The predicted octanol–water partition coefficient (Wildman–Crippen LogP) is 3.41. The van der Waals surface area contributed by atoms with Gasteiger partial charge in [-0.1, -0.05) is 33.8 Å². The van der Waals surface area contributed by atoms with E-state index in [2.05, 4.69) is 5.32 Å². The van der Waals surface area contributed by atoms with Crippen molar-refractivity contribution in [1.29, 1.82) is 0 Å². The number of carbonyl (C=O) groups excluding carboxylic acids is 1. The molecule has 8 heteroatoms. The molecule has 1 aliphatic heterocycles. The summed E-state index contributed by atoms with van der Waals surface area (Å²) in [7, 11) is -1.31. The second kappa shape index (κ2) is 8.98. The molecule has 160 valence electrons. The Morgan fingerprint density at radius 2 is 1.93 bits per heavy atom. The van der Waals surface area contributed by atoms with Gasteiger partial charge in [0, 0.05) is 18.5 Å². The van der Waals surface area contributed by atoms with Gasteiger partial charge in [-0.05, 0) is 42.0 Å². The largest absolute Gasteiger partial charge is 0.507 e. The van der Waals surface area contributed by atoms with Crippen molar-refractivity contribution in [2.75, 3.05) is 12.3 Å². The summed E-state index contributed by atoms with van der Waals surface area (Å²) in [5.41, 5.74) is 0.685. The van der Waals surface area contributed by atoms with E-state index in [-0.39, 0.29) is 30.6 Å². The molecular weight excluding hydrogens is 392 g/mol. The lowest BCUT2D eigenvalue weighted by Crippen LogP contribution is -2.54. The molecule has 2 atom stereocenters. The van der Waals surface area contributed by atoms with Crippen molar-refractivity contribution in [3.8, 4) is 5.75 Å². The Labute approximate surface area is 174 Å². The van der Waals surface area contributed by atoms with Gasteiger partial charge in [0.05, 0.1) is 27.7 Å². The lowest BCUT2D eigenvalue weighted by molar-refractivity contribution is -0.137. The van der Waals surface area contributed by atoms with Crippen molar-refractivity contribution in [3.05, 3.63) is 35.5 Å². The summed E-state index contributed by atoms with van der Waals surface area (Å²) < 4.78 is 12.5. The van der Waals surface area contributed by atoms with E-state index in [1.807, 2.05) is 34.6 Å². The van der Waals surface area contributed by atoms with Crippen LogP contribution in [0.15, 0.2) is 34.9 Å². The first-order valence-corrected chi connectivity index (χ1v) is 11.0. The fourth-order valence-electron chi connectivity index (χ4n) is 3.47. The number of phenols is 1. The lowest BCUT2D eigenvalue weighted by atomic mass is 9.78. The van der Waals surface area contributed by atoms with Crippen LogP contribution in [0.25, 0.3) is 0 Å². The van der Waals surface area contributed by atoms with Crippen LogP contribution < -0.4 is 5.32 Å². The zero-order chi connectivity index (χ0) is 21.9. The van der Waals surface area contributed by atoms with Gasteiger partial charge in [0.1, 0.15) is 5.75 Å². The SMILES string of the molecule is CC(C)CS(=O)c1ccc([C@]2(C)NC(=O)N(CCC(=O)O)C=C2C(C)C)cc1O. The normalized spacial score (nSPS) is 20.6. The van der Waals surface area contributed by atoms with E-state index in [1.54, 1.807) is 24.4 Å². The topological polar surface area (TPSA) is 107 Å². The zero-order valence-corrected chi connectivity index (χ0v) is 18.4.